The van der Waals surface area contributed by atoms with Crippen LogP contribution in [0.1, 0.15) is 28.8 Å². The normalized spacial score (nSPS) is 11.8. The molecule has 3 rings (SSSR count). The topological polar surface area (TPSA) is 182 Å². The van der Waals surface area contributed by atoms with Crippen LogP contribution in [0.4, 0.5) is 17.5 Å². The molecule has 1 amide bonds. The van der Waals surface area contributed by atoms with Crippen LogP contribution in [0.15, 0.2) is 42.5 Å². The molecular formula is C21H25N7O3. The number of carboxylic acids is 1. The van der Waals surface area contributed by atoms with Crippen molar-refractivity contribution in [2.45, 2.75) is 25.4 Å². The predicted octanol–water partition coefficient (Wildman–Crippen LogP) is 1.33. The summed E-state index contributed by atoms with van der Waals surface area (Å²) < 4.78 is 0. The van der Waals surface area contributed by atoms with Crippen LogP contribution in [0.5, 0.6) is 0 Å². The SMILES string of the molecule is NCCC[C@H](NC(=O)c1ccc(NCc2ccc3nc(N)nc(N)c3c2)cc1)C(=O)O. The Kier molecular flexibility index (Phi) is 6.83. The number of carbonyl (C=O) groups excluding carboxylic acids is 1. The fourth-order valence-corrected chi connectivity index (χ4v) is 3.09. The van der Waals surface area contributed by atoms with Gasteiger partial charge in [-0.1, -0.05) is 6.07 Å². The van der Waals surface area contributed by atoms with Gasteiger partial charge < -0.3 is 32.9 Å². The van der Waals surface area contributed by atoms with Crippen LogP contribution >= 0.6 is 0 Å². The van der Waals surface area contributed by atoms with Crippen LogP contribution in [0.2, 0.25) is 0 Å². The lowest BCUT2D eigenvalue weighted by molar-refractivity contribution is -0.139. The third-order valence-electron chi connectivity index (χ3n) is 4.75. The van der Waals surface area contributed by atoms with E-state index in [1.165, 1.54) is 0 Å². The van der Waals surface area contributed by atoms with Crippen LogP contribution in [-0.4, -0.2) is 39.5 Å². The lowest BCUT2D eigenvalue weighted by atomic mass is 10.1. The lowest BCUT2D eigenvalue weighted by Crippen LogP contribution is -2.41. The summed E-state index contributed by atoms with van der Waals surface area (Å²) in [6.07, 6.45) is 0.797. The third-order valence-corrected chi connectivity index (χ3v) is 4.75. The molecule has 1 atom stereocenters. The second-order valence-corrected chi connectivity index (χ2v) is 7.04. The van der Waals surface area contributed by atoms with Crippen LogP contribution in [0.3, 0.4) is 0 Å². The minimum atomic E-state index is -1.08. The number of nitrogen functional groups attached to an aromatic ring is 2. The molecule has 0 spiro atoms. The Balaban J connectivity index is 1.62. The molecule has 0 aliphatic rings. The van der Waals surface area contributed by atoms with Crippen molar-refractivity contribution in [3.8, 4) is 0 Å². The molecule has 10 heteroatoms. The summed E-state index contributed by atoms with van der Waals surface area (Å²) in [6, 6.07) is 11.4. The number of benzene rings is 2. The highest BCUT2D eigenvalue weighted by molar-refractivity contribution is 5.96. The van der Waals surface area contributed by atoms with Crippen LogP contribution in [-0.2, 0) is 11.3 Å². The predicted molar refractivity (Wildman–Crippen MR) is 119 cm³/mol. The number of carboxylic acid groups (broad SMARTS) is 1. The Morgan fingerprint density at radius 1 is 1.06 bits per heavy atom. The summed E-state index contributed by atoms with van der Waals surface area (Å²) in [5, 5.41) is 15.7. The molecule has 0 bridgehead atoms. The van der Waals surface area contributed by atoms with Crippen molar-refractivity contribution >= 4 is 40.2 Å². The van der Waals surface area contributed by atoms with E-state index in [0.29, 0.717) is 36.4 Å². The average Bonchev–Trinajstić information content (AvgIpc) is 2.75. The standard InChI is InChI=1S/C21H25N7O3/c22-9-1-2-17(20(30)31)26-19(29)13-4-6-14(7-5-13)25-11-12-3-8-16-15(10-12)18(23)28-21(24)27-16/h3-8,10,17,25H,1-2,9,11,22H2,(H,26,29)(H,30,31)(H4,23,24,27,28)/t17-/m0/s1. The minimum absolute atomic E-state index is 0.133. The van der Waals surface area contributed by atoms with E-state index in [-0.39, 0.29) is 12.4 Å². The van der Waals surface area contributed by atoms with E-state index in [4.69, 9.17) is 17.2 Å². The molecule has 3 aromatic rings. The summed E-state index contributed by atoms with van der Waals surface area (Å²) in [4.78, 5) is 31.7. The van der Waals surface area contributed by atoms with E-state index in [1.807, 2.05) is 18.2 Å². The Hall–Kier alpha value is -3.92. The molecule has 1 aromatic heterocycles. The Bertz CT molecular complexity index is 1090. The number of carbonyl (C=O) groups is 2. The Morgan fingerprint density at radius 3 is 2.48 bits per heavy atom. The quantitative estimate of drug-likeness (QED) is 0.295. The maximum Gasteiger partial charge on any atom is 0.326 e. The van der Waals surface area contributed by atoms with Gasteiger partial charge in [-0.3, -0.25) is 4.79 Å². The highest BCUT2D eigenvalue weighted by atomic mass is 16.4. The zero-order chi connectivity index (χ0) is 22.4. The Morgan fingerprint density at radius 2 is 1.81 bits per heavy atom. The molecule has 9 N–H and O–H groups in total. The fourth-order valence-electron chi connectivity index (χ4n) is 3.09. The van der Waals surface area contributed by atoms with Crippen molar-refractivity contribution in [1.82, 2.24) is 15.3 Å². The monoisotopic (exact) mass is 423 g/mol. The summed E-state index contributed by atoms with van der Waals surface area (Å²) in [7, 11) is 0. The summed E-state index contributed by atoms with van der Waals surface area (Å²) in [5.74, 6) is -1.07. The maximum atomic E-state index is 12.3. The van der Waals surface area contributed by atoms with E-state index in [1.54, 1.807) is 24.3 Å². The number of aromatic nitrogens is 2. The van der Waals surface area contributed by atoms with Crippen molar-refractivity contribution < 1.29 is 14.7 Å². The molecule has 0 saturated heterocycles. The van der Waals surface area contributed by atoms with E-state index < -0.39 is 17.9 Å². The van der Waals surface area contributed by atoms with Crippen molar-refractivity contribution in [2.75, 3.05) is 23.3 Å². The molecule has 10 nitrogen and oxygen atoms in total. The van der Waals surface area contributed by atoms with Crippen molar-refractivity contribution in [3.63, 3.8) is 0 Å². The number of rotatable bonds is 9. The van der Waals surface area contributed by atoms with E-state index in [0.717, 1.165) is 16.6 Å². The molecule has 0 aliphatic carbocycles. The van der Waals surface area contributed by atoms with Gasteiger partial charge in [-0.05, 0) is 61.3 Å². The number of anilines is 3. The van der Waals surface area contributed by atoms with Crippen molar-refractivity contribution in [2.24, 2.45) is 5.73 Å². The van der Waals surface area contributed by atoms with Crippen molar-refractivity contribution in [1.29, 1.82) is 0 Å². The second-order valence-electron chi connectivity index (χ2n) is 7.04. The first-order valence-corrected chi connectivity index (χ1v) is 9.76. The first-order valence-electron chi connectivity index (χ1n) is 9.76. The molecule has 162 valence electrons. The number of nitrogens with one attached hydrogen (secondary N) is 2. The largest absolute Gasteiger partial charge is 0.480 e. The van der Waals surface area contributed by atoms with Crippen molar-refractivity contribution in [3.05, 3.63) is 53.6 Å². The van der Waals surface area contributed by atoms with Crippen LogP contribution in [0, 0.1) is 0 Å². The number of nitrogens with zero attached hydrogens (tertiary/aromatic N) is 2. The van der Waals surface area contributed by atoms with Gasteiger partial charge in [-0.15, -0.1) is 0 Å². The number of aliphatic carboxylic acids is 1. The highest BCUT2D eigenvalue weighted by Crippen LogP contribution is 2.21. The van der Waals surface area contributed by atoms with E-state index >= 15 is 0 Å². The zero-order valence-electron chi connectivity index (χ0n) is 16.8. The maximum absolute atomic E-state index is 12.3. The number of hydrogen-bond donors (Lipinski definition) is 6. The van der Waals surface area contributed by atoms with Crippen LogP contribution < -0.4 is 27.8 Å². The molecule has 0 radical (unpaired) electrons. The van der Waals surface area contributed by atoms with Crippen LogP contribution in [0.25, 0.3) is 10.9 Å². The number of amides is 1. The average molecular weight is 423 g/mol. The summed E-state index contributed by atoms with van der Waals surface area (Å²) >= 11 is 0. The summed E-state index contributed by atoms with van der Waals surface area (Å²) in [5.41, 5.74) is 19.8. The first kappa shape index (κ1) is 21.8. The molecule has 2 aromatic carbocycles. The highest BCUT2D eigenvalue weighted by Gasteiger charge is 2.20. The fraction of sp³-hybridized carbons (Fsp3) is 0.238. The Labute approximate surface area is 178 Å². The van der Waals surface area contributed by atoms with Gasteiger partial charge in [0.2, 0.25) is 5.95 Å². The third kappa shape index (κ3) is 5.58. The van der Waals surface area contributed by atoms with E-state index in [9.17, 15) is 14.7 Å². The second kappa shape index (κ2) is 9.72. The smallest absolute Gasteiger partial charge is 0.326 e. The van der Waals surface area contributed by atoms with Gasteiger partial charge >= 0.3 is 5.97 Å². The van der Waals surface area contributed by atoms with Gasteiger partial charge in [-0.2, -0.15) is 4.98 Å². The van der Waals surface area contributed by atoms with Gasteiger partial charge in [0, 0.05) is 23.2 Å². The number of hydrogen-bond acceptors (Lipinski definition) is 8. The first-order chi connectivity index (χ1) is 14.9. The van der Waals surface area contributed by atoms with Gasteiger partial charge in [-0.25, -0.2) is 9.78 Å². The molecule has 31 heavy (non-hydrogen) atoms. The number of fused-ring (bicyclic) bond motifs is 1. The summed E-state index contributed by atoms with van der Waals surface area (Å²) in [6.45, 7) is 0.885. The molecule has 0 aliphatic heterocycles. The molecule has 0 fully saturated rings. The minimum Gasteiger partial charge on any atom is -0.480 e. The number of nitrogens with two attached hydrogens (primary N) is 3. The van der Waals surface area contributed by atoms with Gasteiger partial charge in [0.05, 0.1) is 5.52 Å². The molecule has 0 saturated carbocycles. The van der Waals surface area contributed by atoms with Gasteiger partial charge in [0.25, 0.3) is 5.91 Å². The zero-order valence-corrected chi connectivity index (χ0v) is 16.8. The van der Waals surface area contributed by atoms with E-state index in [2.05, 4.69) is 20.6 Å². The lowest BCUT2D eigenvalue weighted by Gasteiger charge is -2.14. The van der Waals surface area contributed by atoms with Gasteiger partial charge in [0.15, 0.2) is 0 Å². The molecular weight excluding hydrogens is 398 g/mol. The van der Waals surface area contributed by atoms with Gasteiger partial charge in [0.1, 0.15) is 11.9 Å². The molecule has 0 unspecified atom stereocenters. The molecule has 1 heterocycles.